The van der Waals surface area contributed by atoms with Crippen molar-refractivity contribution in [1.29, 1.82) is 0 Å². The molecular formula is C10H21NO4. The van der Waals surface area contributed by atoms with Crippen LogP contribution in [0.2, 0.25) is 0 Å². The second kappa shape index (κ2) is 11.3. The zero-order valence-electron chi connectivity index (χ0n) is 9.58. The van der Waals surface area contributed by atoms with Crippen molar-refractivity contribution < 1.29 is 19.0 Å². The van der Waals surface area contributed by atoms with Crippen LogP contribution in [0.1, 0.15) is 20.3 Å². The van der Waals surface area contributed by atoms with E-state index >= 15 is 0 Å². The molecule has 0 aromatic rings. The predicted molar refractivity (Wildman–Crippen MR) is 57.0 cm³/mol. The molecule has 0 saturated carbocycles. The second-order valence-electron chi connectivity index (χ2n) is 2.89. The van der Waals surface area contributed by atoms with Gasteiger partial charge in [0.05, 0.1) is 19.8 Å². The zero-order chi connectivity index (χ0) is 11.4. The van der Waals surface area contributed by atoms with Crippen molar-refractivity contribution in [2.24, 2.45) is 0 Å². The Kier molecular flexibility index (Phi) is 10.7. The van der Waals surface area contributed by atoms with Crippen LogP contribution in [0.4, 0.5) is 4.79 Å². The Balaban J connectivity index is 3.01. The molecule has 90 valence electrons. The van der Waals surface area contributed by atoms with E-state index in [4.69, 9.17) is 14.2 Å². The highest BCUT2D eigenvalue weighted by Gasteiger charge is 1.97. The van der Waals surface area contributed by atoms with Crippen LogP contribution >= 0.6 is 0 Å². The number of rotatable bonds is 9. The van der Waals surface area contributed by atoms with Crippen LogP contribution in [0.5, 0.6) is 0 Å². The molecule has 5 heteroatoms. The van der Waals surface area contributed by atoms with E-state index in [1.165, 1.54) is 0 Å². The van der Waals surface area contributed by atoms with Crippen LogP contribution in [0.25, 0.3) is 0 Å². The lowest BCUT2D eigenvalue weighted by atomic mass is 10.5. The van der Waals surface area contributed by atoms with Gasteiger partial charge in [0, 0.05) is 13.2 Å². The van der Waals surface area contributed by atoms with Crippen molar-refractivity contribution in [3.63, 3.8) is 0 Å². The molecule has 0 spiro atoms. The summed E-state index contributed by atoms with van der Waals surface area (Å²) in [6, 6.07) is 0. The standard InChI is InChI=1S/C10H21NO4/c1-3-5-13-6-7-14-8-9-15-10(12)11-4-2/h3-9H2,1-2H3,(H,11,12). The van der Waals surface area contributed by atoms with Gasteiger partial charge in [0.25, 0.3) is 0 Å². The molecule has 0 unspecified atom stereocenters. The number of ether oxygens (including phenoxy) is 3. The summed E-state index contributed by atoms with van der Waals surface area (Å²) in [7, 11) is 0. The number of carbonyl (C=O) groups excluding carboxylic acids is 1. The van der Waals surface area contributed by atoms with E-state index in [9.17, 15) is 4.79 Å². The lowest BCUT2D eigenvalue weighted by Crippen LogP contribution is -2.25. The molecule has 0 atom stereocenters. The second-order valence-corrected chi connectivity index (χ2v) is 2.89. The number of nitrogens with one attached hydrogen (secondary N) is 1. The van der Waals surface area contributed by atoms with Gasteiger partial charge in [0.2, 0.25) is 0 Å². The van der Waals surface area contributed by atoms with Crippen LogP contribution in [0.3, 0.4) is 0 Å². The first-order valence-corrected chi connectivity index (χ1v) is 5.37. The first-order valence-electron chi connectivity index (χ1n) is 5.37. The maximum Gasteiger partial charge on any atom is 0.407 e. The van der Waals surface area contributed by atoms with Crippen LogP contribution < -0.4 is 5.32 Å². The van der Waals surface area contributed by atoms with Gasteiger partial charge in [0.15, 0.2) is 0 Å². The average molecular weight is 219 g/mol. The fraction of sp³-hybridized carbons (Fsp3) is 0.900. The molecule has 0 aliphatic carbocycles. The van der Waals surface area contributed by atoms with E-state index in [-0.39, 0.29) is 6.61 Å². The summed E-state index contributed by atoms with van der Waals surface area (Å²) >= 11 is 0. The highest BCUT2D eigenvalue weighted by Crippen LogP contribution is 1.83. The Morgan fingerprint density at radius 2 is 1.60 bits per heavy atom. The van der Waals surface area contributed by atoms with E-state index in [1.54, 1.807) is 0 Å². The highest BCUT2D eigenvalue weighted by molar-refractivity contribution is 5.66. The molecule has 0 saturated heterocycles. The minimum Gasteiger partial charge on any atom is -0.447 e. The summed E-state index contributed by atoms with van der Waals surface area (Å²) in [5, 5.41) is 2.52. The minimum atomic E-state index is -0.400. The van der Waals surface area contributed by atoms with Crippen LogP contribution in [0, 0.1) is 0 Å². The molecule has 0 rings (SSSR count). The van der Waals surface area contributed by atoms with E-state index in [0.29, 0.717) is 26.4 Å². The van der Waals surface area contributed by atoms with Gasteiger partial charge in [-0.15, -0.1) is 0 Å². The average Bonchev–Trinajstić information content (AvgIpc) is 2.22. The Labute approximate surface area is 91.1 Å². The van der Waals surface area contributed by atoms with E-state index in [0.717, 1.165) is 13.0 Å². The van der Waals surface area contributed by atoms with Crippen LogP contribution in [0.15, 0.2) is 0 Å². The van der Waals surface area contributed by atoms with E-state index in [1.807, 2.05) is 6.92 Å². The topological polar surface area (TPSA) is 56.8 Å². The molecule has 0 fully saturated rings. The van der Waals surface area contributed by atoms with Gasteiger partial charge in [-0.3, -0.25) is 0 Å². The largest absolute Gasteiger partial charge is 0.447 e. The van der Waals surface area contributed by atoms with Crippen molar-refractivity contribution in [2.75, 3.05) is 39.6 Å². The first kappa shape index (κ1) is 14.2. The molecular weight excluding hydrogens is 198 g/mol. The molecule has 15 heavy (non-hydrogen) atoms. The molecule has 1 amide bonds. The Morgan fingerprint density at radius 3 is 2.20 bits per heavy atom. The molecule has 0 bridgehead atoms. The van der Waals surface area contributed by atoms with Gasteiger partial charge in [-0.1, -0.05) is 6.92 Å². The van der Waals surface area contributed by atoms with E-state index in [2.05, 4.69) is 12.2 Å². The summed E-state index contributed by atoms with van der Waals surface area (Å²) < 4.78 is 15.2. The van der Waals surface area contributed by atoms with Gasteiger partial charge in [-0.2, -0.15) is 0 Å². The number of hydrogen-bond donors (Lipinski definition) is 1. The van der Waals surface area contributed by atoms with Crippen LogP contribution in [-0.2, 0) is 14.2 Å². The fourth-order valence-corrected chi connectivity index (χ4v) is 0.855. The van der Waals surface area contributed by atoms with Crippen molar-refractivity contribution in [3.05, 3.63) is 0 Å². The van der Waals surface area contributed by atoms with Gasteiger partial charge in [0.1, 0.15) is 6.61 Å². The molecule has 0 aliphatic heterocycles. The third-order valence-corrected chi connectivity index (χ3v) is 1.50. The number of hydrogen-bond acceptors (Lipinski definition) is 4. The zero-order valence-corrected chi connectivity index (χ0v) is 9.58. The molecule has 0 aromatic heterocycles. The SMILES string of the molecule is CCCOCCOCCOC(=O)NCC. The van der Waals surface area contributed by atoms with Gasteiger partial charge in [-0.05, 0) is 13.3 Å². The lowest BCUT2D eigenvalue weighted by molar-refractivity contribution is 0.0283. The van der Waals surface area contributed by atoms with E-state index < -0.39 is 6.09 Å². The van der Waals surface area contributed by atoms with Crippen molar-refractivity contribution in [1.82, 2.24) is 5.32 Å². The monoisotopic (exact) mass is 219 g/mol. The molecule has 5 nitrogen and oxygen atoms in total. The Morgan fingerprint density at radius 1 is 1.00 bits per heavy atom. The Bertz CT molecular complexity index is 152. The van der Waals surface area contributed by atoms with Crippen molar-refractivity contribution in [2.45, 2.75) is 20.3 Å². The molecule has 0 aromatic carbocycles. The number of carbonyl (C=O) groups is 1. The smallest absolute Gasteiger partial charge is 0.407 e. The quantitative estimate of drug-likeness (QED) is 0.591. The summed E-state index contributed by atoms with van der Waals surface area (Å²) in [4.78, 5) is 10.8. The van der Waals surface area contributed by atoms with Gasteiger partial charge in [-0.25, -0.2) is 4.79 Å². The highest BCUT2D eigenvalue weighted by atomic mass is 16.6. The van der Waals surface area contributed by atoms with Crippen molar-refractivity contribution in [3.8, 4) is 0 Å². The lowest BCUT2D eigenvalue weighted by Gasteiger charge is -2.06. The summed E-state index contributed by atoms with van der Waals surface area (Å²) in [6.07, 6.45) is 0.614. The minimum absolute atomic E-state index is 0.277. The summed E-state index contributed by atoms with van der Waals surface area (Å²) in [5.74, 6) is 0. The maximum atomic E-state index is 10.8. The van der Waals surface area contributed by atoms with Crippen LogP contribution in [-0.4, -0.2) is 45.7 Å². The third-order valence-electron chi connectivity index (χ3n) is 1.50. The molecule has 0 aliphatic rings. The Hall–Kier alpha value is -0.810. The van der Waals surface area contributed by atoms with Gasteiger partial charge < -0.3 is 19.5 Å². The number of amides is 1. The van der Waals surface area contributed by atoms with Gasteiger partial charge >= 0.3 is 6.09 Å². The van der Waals surface area contributed by atoms with Crippen molar-refractivity contribution >= 4 is 6.09 Å². The third kappa shape index (κ3) is 11.1. The first-order chi connectivity index (χ1) is 7.31. The molecule has 0 radical (unpaired) electrons. The molecule has 1 N–H and O–H groups in total. The molecule has 0 heterocycles. The fourth-order valence-electron chi connectivity index (χ4n) is 0.855. The summed E-state index contributed by atoms with van der Waals surface area (Å²) in [5.41, 5.74) is 0. The maximum absolute atomic E-state index is 10.8. The predicted octanol–water partition coefficient (Wildman–Crippen LogP) is 1.18. The normalized spacial score (nSPS) is 10.0. The number of alkyl carbamates (subject to hydrolysis) is 1. The summed E-state index contributed by atoms with van der Waals surface area (Å²) in [6.45, 7) is 7.05.